The lowest BCUT2D eigenvalue weighted by Crippen LogP contribution is -2.30. The minimum Gasteiger partial charge on any atom is -0.493 e. The van der Waals surface area contributed by atoms with Crippen LogP contribution in [-0.4, -0.2) is 36.3 Å². The third-order valence-corrected chi connectivity index (χ3v) is 6.51. The highest BCUT2D eigenvalue weighted by Gasteiger charge is 2.22. The molecule has 0 radical (unpaired) electrons. The lowest BCUT2D eigenvalue weighted by atomic mass is 10.1. The summed E-state index contributed by atoms with van der Waals surface area (Å²) in [5.41, 5.74) is 2.10. The van der Waals surface area contributed by atoms with Crippen LogP contribution >= 0.6 is 0 Å². The zero-order chi connectivity index (χ0) is 21.8. The molecule has 3 aromatic rings. The number of piperidine rings is 1. The second-order valence-electron chi connectivity index (χ2n) is 8.80. The van der Waals surface area contributed by atoms with Gasteiger partial charge in [-0.2, -0.15) is 4.98 Å². The SMILES string of the molecule is COc1cc2c(N3CCCCC3)nc(NCc3ccccc3)nc2cc1OC1CCCC1. The minimum atomic E-state index is 0.264. The lowest BCUT2D eigenvalue weighted by molar-refractivity contribution is 0.201. The van der Waals surface area contributed by atoms with Gasteiger partial charge in [0.1, 0.15) is 5.82 Å². The number of nitrogens with zero attached hydrogens (tertiary/aromatic N) is 3. The second kappa shape index (κ2) is 9.63. The normalized spacial score (nSPS) is 17.0. The van der Waals surface area contributed by atoms with Crippen molar-refractivity contribution in [1.82, 2.24) is 9.97 Å². The molecule has 1 aliphatic carbocycles. The number of nitrogens with one attached hydrogen (secondary N) is 1. The summed E-state index contributed by atoms with van der Waals surface area (Å²) < 4.78 is 12.1. The molecule has 32 heavy (non-hydrogen) atoms. The predicted octanol–water partition coefficient (Wildman–Crippen LogP) is 5.56. The summed E-state index contributed by atoms with van der Waals surface area (Å²) in [6.45, 7) is 2.73. The topological polar surface area (TPSA) is 59.5 Å². The Morgan fingerprint density at radius 2 is 1.72 bits per heavy atom. The van der Waals surface area contributed by atoms with E-state index in [1.54, 1.807) is 7.11 Å². The highest BCUT2D eigenvalue weighted by molar-refractivity contribution is 5.93. The minimum absolute atomic E-state index is 0.264. The average Bonchev–Trinajstić information content (AvgIpc) is 3.36. The van der Waals surface area contributed by atoms with Gasteiger partial charge < -0.3 is 19.7 Å². The molecule has 1 aliphatic heterocycles. The van der Waals surface area contributed by atoms with Crippen LogP contribution in [0.2, 0.25) is 0 Å². The van der Waals surface area contributed by atoms with Crippen molar-refractivity contribution in [2.75, 3.05) is 30.4 Å². The number of benzene rings is 2. The van der Waals surface area contributed by atoms with Crippen LogP contribution in [0.15, 0.2) is 42.5 Å². The van der Waals surface area contributed by atoms with Crippen molar-refractivity contribution in [3.05, 3.63) is 48.0 Å². The number of hydrogen-bond donors (Lipinski definition) is 1. The molecule has 1 saturated carbocycles. The van der Waals surface area contributed by atoms with E-state index >= 15 is 0 Å². The molecule has 1 aromatic heterocycles. The Bertz CT molecular complexity index is 1040. The highest BCUT2D eigenvalue weighted by Crippen LogP contribution is 2.38. The van der Waals surface area contributed by atoms with Gasteiger partial charge in [-0.1, -0.05) is 30.3 Å². The first-order valence-electron chi connectivity index (χ1n) is 11.9. The van der Waals surface area contributed by atoms with Crippen LogP contribution < -0.4 is 19.7 Å². The standard InChI is InChI=1S/C26H32N4O2/c1-31-23-16-21-22(17-24(23)32-20-12-6-7-13-20)28-26(27-18-19-10-4-2-5-11-19)29-25(21)30-14-8-3-9-15-30/h2,4-5,10-11,16-17,20H,3,6-9,12-15,18H2,1H3,(H,27,28,29). The number of rotatable bonds is 7. The fourth-order valence-electron chi connectivity index (χ4n) is 4.76. The Labute approximate surface area is 190 Å². The Morgan fingerprint density at radius 3 is 2.47 bits per heavy atom. The molecule has 2 fully saturated rings. The van der Waals surface area contributed by atoms with Crippen molar-refractivity contribution in [2.24, 2.45) is 0 Å². The molecule has 0 unspecified atom stereocenters. The maximum atomic E-state index is 6.34. The Morgan fingerprint density at radius 1 is 0.938 bits per heavy atom. The van der Waals surface area contributed by atoms with Crippen molar-refractivity contribution in [3.63, 3.8) is 0 Å². The smallest absolute Gasteiger partial charge is 0.225 e. The van der Waals surface area contributed by atoms with Gasteiger partial charge in [0.25, 0.3) is 0 Å². The van der Waals surface area contributed by atoms with Gasteiger partial charge in [-0.25, -0.2) is 4.98 Å². The van der Waals surface area contributed by atoms with Crippen LogP contribution in [0.25, 0.3) is 10.9 Å². The van der Waals surface area contributed by atoms with Gasteiger partial charge in [-0.3, -0.25) is 0 Å². The molecule has 168 valence electrons. The lowest BCUT2D eigenvalue weighted by Gasteiger charge is -2.29. The van der Waals surface area contributed by atoms with E-state index in [1.165, 1.54) is 37.7 Å². The molecule has 2 heterocycles. The van der Waals surface area contributed by atoms with Gasteiger partial charge in [0.2, 0.25) is 5.95 Å². The predicted molar refractivity (Wildman–Crippen MR) is 129 cm³/mol. The van der Waals surface area contributed by atoms with E-state index < -0.39 is 0 Å². The van der Waals surface area contributed by atoms with E-state index in [4.69, 9.17) is 19.4 Å². The van der Waals surface area contributed by atoms with E-state index in [-0.39, 0.29) is 6.10 Å². The first kappa shape index (κ1) is 20.9. The maximum absolute atomic E-state index is 6.34. The Kier molecular flexibility index (Phi) is 6.28. The van der Waals surface area contributed by atoms with Crippen molar-refractivity contribution in [3.8, 4) is 11.5 Å². The van der Waals surface area contributed by atoms with Gasteiger partial charge in [0.05, 0.1) is 18.7 Å². The van der Waals surface area contributed by atoms with Crippen LogP contribution in [0.1, 0.15) is 50.5 Å². The number of methoxy groups -OCH3 is 1. The zero-order valence-electron chi connectivity index (χ0n) is 18.8. The fraction of sp³-hybridized carbons (Fsp3) is 0.462. The molecule has 6 nitrogen and oxygen atoms in total. The van der Waals surface area contributed by atoms with Crippen molar-refractivity contribution < 1.29 is 9.47 Å². The van der Waals surface area contributed by atoms with Crippen LogP contribution in [0, 0.1) is 0 Å². The number of anilines is 2. The van der Waals surface area contributed by atoms with Crippen LogP contribution in [0.5, 0.6) is 11.5 Å². The van der Waals surface area contributed by atoms with Crippen LogP contribution in [0.4, 0.5) is 11.8 Å². The molecule has 1 N–H and O–H groups in total. The Hall–Kier alpha value is -3.02. The third-order valence-electron chi connectivity index (χ3n) is 6.51. The summed E-state index contributed by atoms with van der Waals surface area (Å²) in [6.07, 6.45) is 8.60. The number of ether oxygens (including phenoxy) is 2. The average molecular weight is 433 g/mol. The number of hydrogen-bond acceptors (Lipinski definition) is 6. The van der Waals surface area contributed by atoms with Crippen molar-refractivity contribution >= 4 is 22.7 Å². The van der Waals surface area contributed by atoms with E-state index in [0.29, 0.717) is 12.5 Å². The number of aromatic nitrogens is 2. The molecular weight excluding hydrogens is 400 g/mol. The summed E-state index contributed by atoms with van der Waals surface area (Å²) in [6, 6.07) is 14.5. The van der Waals surface area contributed by atoms with Gasteiger partial charge in [-0.15, -0.1) is 0 Å². The van der Waals surface area contributed by atoms with Gasteiger partial charge in [-0.05, 0) is 56.6 Å². The van der Waals surface area contributed by atoms with Crippen molar-refractivity contribution in [2.45, 2.75) is 57.6 Å². The molecule has 1 saturated heterocycles. The summed E-state index contributed by atoms with van der Waals surface area (Å²) in [4.78, 5) is 12.2. The molecule has 0 spiro atoms. The molecule has 0 amide bonds. The third kappa shape index (κ3) is 4.59. The monoisotopic (exact) mass is 432 g/mol. The van der Waals surface area contributed by atoms with Gasteiger partial charge >= 0.3 is 0 Å². The molecule has 0 bridgehead atoms. The zero-order valence-corrected chi connectivity index (χ0v) is 18.8. The van der Waals surface area contributed by atoms with Gasteiger partial charge in [0.15, 0.2) is 11.5 Å². The van der Waals surface area contributed by atoms with E-state index in [2.05, 4.69) is 40.5 Å². The number of fused-ring (bicyclic) bond motifs is 1. The first-order valence-corrected chi connectivity index (χ1v) is 11.9. The van der Waals surface area contributed by atoms with E-state index in [0.717, 1.165) is 54.2 Å². The first-order chi connectivity index (χ1) is 15.8. The summed E-state index contributed by atoms with van der Waals surface area (Å²) in [5, 5.41) is 4.45. The molecule has 0 atom stereocenters. The largest absolute Gasteiger partial charge is 0.493 e. The highest BCUT2D eigenvalue weighted by atomic mass is 16.5. The summed E-state index contributed by atoms with van der Waals surface area (Å²) >= 11 is 0. The van der Waals surface area contributed by atoms with E-state index in [1.807, 2.05) is 12.1 Å². The molecular formula is C26H32N4O2. The Balaban J connectivity index is 1.52. The summed E-state index contributed by atoms with van der Waals surface area (Å²) in [7, 11) is 1.71. The van der Waals surface area contributed by atoms with E-state index in [9.17, 15) is 0 Å². The fourth-order valence-corrected chi connectivity index (χ4v) is 4.76. The quantitative estimate of drug-likeness (QED) is 0.527. The van der Waals surface area contributed by atoms with Crippen molar-refractivity contribution in [1.29, 1.82) is 0 Å². The molecule has 6 heteroatoms. The summed E-state index contributed by atoms with van der Waals surface area (Å²) in [5.74, 6) is 3.18. The van der Waals surface area contributed by atoms with Crippen LogP contribution in [-0.2, 0) is 6.54 Å². The second-order valence-corrected chi connectivity index (χ2v) is 8.80. The molecule has 5 rings (SSSR count). The van der Waals surface area contributed by atoms with Crippen LogP contribution in [0.3, 0.4) is 0 Å². The molecule has 2 aromatic carbocycles. The van der Waals surface area contributed by atoms with Gasteiger partial charge in [0, 0.05) is 31.1 Å². The maximum Gasteiger partial charge on any atom is 0.225 e. The molecule has 2 aliphatic rings.